The molecule has 1 aromatic rings. The number of H-pyrrole nitrogens is 1. The maximum Gasteiger partial charge on any atom is 0.103 e. The van der Waals surface area contributed by atoms with Gasteiger partial charge in [-0.25, -0.2) is 0 Å². The highest BCUT2D eigenvalue weighted by Crippen LogP contribution is 2.33. The minimum Gasteiger partial charge on any atom is -0.350 e. The summed E-state index contributed by atoms with van der Waals surface area (Å²) in [7, 11) is 0. The van der Waals surface area contributed by atoms with E-state index in [-0.39, 0.29) is 0 Å². The number of aromatic amines is 1. The molecule has 1 aromatic heterocycles. The van der Waals surface area contributed by atoms with Crippen LogP contribution < -0.4 is 0 Å². The molecule has 0 aromatic carbocycles. The average molecular weight is 250 g/mol. The topological polar surface area (TPSA) is 19.0 Å². The van der Waals surface area contributed by atoms with Crippen molar-refractivity contribution in [3.8, 4) is 0 Å². The van der Waals surface area contributed by atoms with E-state index in [9.17, 15) is 0 Å². The Morgan fingerprint density at radius 3 is 3.00 bits per heavy atom. The molecule has 1 aliphatic heterocycles. The van der Waals surface area contributed by atoms with E-state index in [1.54, 1.807) is 0 Å². The molecular formula is C14H22N2S. The first kappa shape index (κ1) is 12.8. The Hall–Kier alpha value is -0.670. The molecular weight excluding hydrogens is 228 g/mol. The van der Waals surface area contributed by atoms with Gasteiger partial charge in [0.25, 0.3) is 0 Å². The molecule has 94 valence electrons. The first-order chi connectivity index (χ1) is 8.22. The lowest BCUT2D eigenvalue weighted by atomic mass is 10.0. The molecule has 2 rings (SSSR count). The number of hydrogen-bond donors (Lipinski definition) is 1. The maximum absolute atomic E-state index is 5.16. The highest BCUT2D eigenvalue weighted by Gasteiger charge is 2.26. The second-order valence-corrected chi connectivity index (χ2v) is 5.39. The average Bonchev–Trinajstić information content (AvgIpc) is 2.74. The van der Waals surface area contributed by atoms with Crippen LogP contribution in [-0.2, 0) is 0 Å². The number of hydrogen-bond acceptors (Lipinski definition) is 2. The van der Waals surface area contributed by atoms with Gasteiger partial charge >= 0.3 is 0 Å². The van der Waals surface area contributed by atoms with Crippen LogP contribution >= 0.6 is 12.2 Å². The molecule has 0 saturated carbocycles. The quantitative estimate of drug-likeness (QED) is 0.815. The van der Waals surface area contributed by atoms with Crippen LogP contribution in [0.2, 0.25) is 0 Å². The van der Waals surface area contributed by atoms with E-state index in [1.165, 1.54) is 50.0 Å². The number of aryl methyl sites for hydroxylation is 1. The summed E-state index contributed by atoms with van der Waals surface area (Å²) in [6, 6.07) is 4.84. The van der Waals surface area contributed by atoms with Crippen LogP contribution in [0, 0.1) is 11.6 Å². The van der Waals surface area contributed by atoms with E-state index in [1.807, 2.05) is 6.07 Å². The highest BCUT2D eigenvalue weighted by molar-refractivity contribution is 7.71. The van der Waals surface area contributed by atoms with Crippen molar-refractivity contribution in [3.05, 3.63) is 28.0 Å². The first-order valence-electron chi connectivity index (χ1n) is 6.66. The van der Waals surface area contributed by atoms with Gasteiger partial charge in [-0.05, 0) is 50.9 Å². The van der Waals surface area contributed by atoms with Gasteiger partial charge in [-0.15, -0.1) is 0 Å². The van der Waals surface area contributed by atoms with Crippen molar-refractivity contribution >= 4 is 12.2 Å². The van der Waals surface area contributed by atoms with Crippen LogP contribution in [0.15, 0.2) is 12.1 Å². The van der Waals surface area contributed by atoms with Crippen molar-refractivity contribution in [2.24, 2.45) is 0 Å². The molecule has 0 spiro atoms. The van der Waals surface area contributed by atoms with E-state index in [2.05, 4.69) is 29.8 Å². The van der Waals surface area contributed by atoms with Gasteiger partial charge in [0.15, 0.2) is 0 Å². The second-order valence-electron chi connectivity index (χ2n) is 4.95. The zero-order valence-electron chi connectivity index (χ0n) is 10.8. The molecule has 1 N–H and O–H groups in total. The number of likely N-dealkylation sites (tertiary alicyclic amines) is 1. The third kappa shape index (κ3) is 2.96. The Morgan fingerprint density at radius 1 is 1.47 bits per heavy atom. The van der Waals surface area contributed by atoms with Gasteiger partial charge in [-0.2, -0.15) is 0 Å². The lowest BCUT2D eigenvalue weighted by Crippen LogP contribution is -2.25. The summed E-state index contributed by atoms with van der Waals surface area (Å²) in [5.41, 5.74) is 2.68. The number of nitrogens with zero attached hydrogens (tertiary/aromatic N) is 1. The molecule has 0 aliphatic carbocycles. The predicted octanol–water partition coefficient (Wildman–Crippen LogP) is 3.99. The Kier molecular flexibility index (Phi) is 4.35. The molecule has 2 nitrogen and oxygen atoms in total. The molecule has 0 unspecified atom stereocenters. The summed E-state index contributed by atoms with van der Waals surface area (Å²) in [6.45, 7) is 6.88. The summed E-state index contributed by atoms with van der Waals surface area (Å²) in [5, 5.41) is 0. The van der Waals surface area contributed by atoms with Crippen LogP contribution in [0.3, 0.4) is 0 Å². The minimum absolute atomic E-state index is 0.605. The third-order valence-electron chi connectivity index (χ3n) is 3.68. The summed E-state index contributed by atoms with van der Waals surface area (Å²) in [4.78, 5) is 5.91. The molecule has 0 amide bonds. The van der Waals surface area contributed by atoms with Crippen LogP contribution in [-0.4, -0.2) is 23.0 Å². The SMILES string of the molecule is CCCCN1CCC[C@@H]1c1ccc(=S)[nH]c1C. The van der Waals surface area contributed by atoms with E-state index in [0.717, 1.165) is 4.64 Å². The Morgan fingerprint density at radius 2 is 2.29 bits per heavy atom. The van der Waals surface area contributed by atoms with E-state index < -0.39 is 0 Å². The van der Waals surface area contributed by atoms with Gasteiger partial charge in [-0.3, -0.25) is 4.90 Å². The van der Waals surface area contributed by atoms with Crippen molar-refractivity contribution in [2.75, 3.05) is 13.1 Å². The van der Waals surface area contributed by atoms with Crippen molar-refractivity contribution in [3.63, 3.8) is 0 Å². The fourth-order valence-corrected chi connectivity index (χ4v) is 2.98. The molecule has 1 atom stereocenters. The third-order valence-corrected chi connectivity index (χ3v) is 3.92. The zero-order valence-corrected chi connectivity index (χ0v) is 11.6. The van der Waals surface area contributed by atoms with Gasteiger partial charge in [0.1, 0.15) is 4.64 Å². The largest absolute Gasteiger partial charge is 0.350 e. The Bertz CT molecular complexity index is 424. The lowest BCUT2D eigenvalue weighted by molar-refractivity contribution is 0.252. The van der Waals surface area contributed by atoms with Crippen molar-refractivity contribution in [1.29, 1.82) is 0 Å². The number of nitrogens with one attached hydrogen (secondary N) is 1. The van der Waals surface area contributed by atoms with E-state index >= 15 is 0 Å². The van der Waals surface area contributed by atoms with Crippen molar-refractivity contribution < 1.29 is 0 Å². The summed E-state index contributed by atoms with van der Waals surface area (Å²) >= 11 is 5.16. The predicted molar refractivity (Wildman–Crippen MR) is 74.8 cm³/mol. The molecule has 1 saturated heterocycles. The van der Waals surface area contributed by atoms with Gasteiger partial charge in [0.05, 0.1) is 0 Å². The molecule has 2 heterocycles. The van der Waals surface area contributed by atoms with Gasteiger partial charge < -0.3 is 4.98 Å². The monoisotopic (exact) mass is 250 g/mol. The van der Waals surface area contributed by atoms with Crippen molar-refractivity contribution in [2.45, 2.75) is 45.6 Å². The molecule has 17 heavy (non-hydrogen) atoms. The van der Waals surface area contributed by atoms with Gasteiger partial charge in [0, 0.05) is 11.7 Å². The van der Waals surface area contributed by atoms with Crippen LogP contribution in [0.25, 0.3) is 0 Å². The van der Waals surface area contributed by atoms with Crippen LogP contribution in [0.1, 0.15) is 49.9 Å². The summed E-state index contributed by atoms with van der Waals surface area (Å²) in [6.07, 6.45) is 5.19. The Balaban J connectivity index is 2.17. The molecule has 0 bridgehead atoms. The smallest absolute Gasteiger partial charge is 0.103 e. The zero-order chi connectivity index (χ0) is 12.3. The summed E-state index contributed by atoms with van der Waals surface area (Å²) in [5.74, 6) is 0. The molecule has 3 heteroatoms. The highest BCUT2D eigenvalue weighted by atomic mass is 32.1. The van der Waals surface area contributed by atoms with Crippen molar-refractivity contribution in [1.82, 2.24) is 9.88 Å². The minimum atomic E-state index is 0.605. The number of rotatable bonds is 4. The van der Waals surface area contributed by atoms with Gasteiger partial charge in [0.2, 0.25) is 0 Å². The summed E-state index contributed by atoms with van der Waals surface area (Å²) < 4.78 is 0.837. The number of aromatic nitrogens is 1. The normalized spacial score (nSPS) is 20.9. The van der Waals surface area contributed by atoms with E-state index in [4.69, 9.17) is 12.2 Å². The second kappa shape index (κ2) is 5.78. The van der Waals surface area contributed by atoms with Crippen LogP contribution in [0.5, 0.6) is 0 Å². The van der Waals surface area contributed by atoms with Crippen LogP contribution in [0.4, 0.5) is 0 Å². The molecule has 0 radical (unpaired) electrons. The fourth-order valence-electron chi connectivity index (χ4n) is 2.76. The number of pyridine rings is 1. The van der Waals surface area contributed by atoms with Gasteiger partial charge in [-0.1, -0.05) is 31.6 Å². The molecule has 1 fully saturated rings. The lowest BCUT2D eigenvalue weighted by Gasteiger charge is -2.25. The number of unbranched alkanes of at least 4 members (excludes halogenated alkanes) is 1. The molecule has 1 aliphatic rings. The van der Waals surface area contributed by atoms with E-state index in [0.29, 0.717) is 6.04 Å². The maximum atomic E-state index is 5.16. The first-order valence-corrected chi connectivity index (χ1v) is 7.07. The standard InChI is InChI=1S/C14H22N2S/c1-3-4-9-16-10-5-6-13(16)12-7-8-14(17)15-11(12)2/h7-8,13H,3-6,9-10H2,1-2H3,(H,15,17)/t13-/m1/s1. The Labute approximate surface area is 109 Å². The fraction of sp³-hybridized carbons (Fsp3) is 0.643.